The number of urea groups is 1. The minimum absolute atomic E-state index is 0.0821. The summed E-state index contributed by atoms with van der Waals surface area (Å²) in [5.74, 6) is -0.871. The summed E-state index contributed by atoms with van der Waals surface area (Å²) in [6, 6.07) is 12.5. The molecule has 0 bridgehead atoms. The number of hydrogen-bond donors (Lipinski definition) is 1. The molecule has 0 saturated carbocycles. The van der Waals surface area contributed by atoms with Gasteiger partial charge in [-0.05, 0) is 54.7 Å². The molecule has 3 amide bonds. The van der Waals surface area contributed by atoms with Crippen LogP contribution in [-0.2, 0) is 31.5 Å². The van der Waals surface area contributed by atoms with Crippen LogP contribution < -0.4 is 5.32 Å². The maximum Gasteiger partial charge on any atom is 0.325 e. The summed E-state index contributed by atoms with van der Waals surface area (Å²) in [5, 5.41) is 2.84. The molecule has 1 spiro atoms. The van der Waals surface area contributed by atoms with Crippen LogP contribution in [0.2, 0.25) is 0 Å². The van der Waals surface area contributed by atoms with Gasteiger partial charge in [0.25, 0.3) is 5.91 Å². The number of Topliss-reactive ketones (excluding diaryl/α,β-unsaturated/α-hetero) is 1. The standard InChI is InChI=1S/C24H25N3O6S/c28-21(18-7-9-19(10-8-18)34(31,32)26-12-14-33-15-13-26)16-27-22(29)24(25-23(27)30)11-3-5-17-4-1-2-6-20(17)24/h1-2,4,6-10H,3,5,11-16H2,(H,25,30). The van der Waals surface area contributed by atoms with Crippen LogP contribution >= 0.6 is 0 Å². The molecule has 1 unspecified atom stereocenters. The smallest absolute Gasteiger partial charge is 0.325 e. The molecule has 2 aliphatic heterocycles. The molecule has 1 aliphatic carbocycles. The fourth-order valence-corrected chi connectivity index (χ4v) is 6.35. The summed E-state index contributed by atoms with van der Waals surface area (Å²) < 4.78 is 32.1. The van der Waals surface area contributed by atoms with E-state index in [1.807, 2.05) is 24.3 Å². The minimum atomic E-state index is -3.68. The van der Waals surface area contributed by atoms with Gasteiger partial charge < -0.3 is 10.1 Å². The number of fused-ring (bicyclic) bond motifs is 2. The number of imide groups is 1. The van der Waals surface area contributed by atoms with E-state index in [0.717, 1.165) is 28.9 Å². The second-order valence-corrected chi connectivity index (χ2v) is 10.6. The van der Waals surface area contributed by atoms with E-state index >= 15 is 0 Å². The van der Waals surface area contributed by atoms with Crippen LogP contribution in [0.4, 0.5) is 4.79 Å². The number of sulfonamides is 1. The predicted molar refractivity (Wildman–Crippen MR) is 122 cm³/mol. The first-order chi connectivity index (χ1) is 16.3. The fourth-order valence-electron chi connectivity index (χ4n) is 4.94. The van der Waals surface area contributed by atoms with E-state index in [0.29, 0.717) is 19.6 Å². The number of aryl methyl sites for hydroxylation is 1. The quantitative estimate of drug-likeness (QED) is 0.511. The molecule has 0 radical (unpaired) electrons. The molecule has 178 valence electrons. The highest BCUT2D eigenvalue weighted by Crippen LogP contribution is 2.39. The Hall–Kier alpha value is -3.08. The average molecular weight is 484 g/mol. The highest BCUT2D eigenvalue weighted by atomic mass is 32.2. The summed E-state index contributed by atoms with van der Waals surface area (Å²) in [6.45, 7) is 0.825. The van der Waals surface area contributed by atoms with Crippen molar-refractivity contribution >= 4 is 27.7 Å². The van der Waals surface area contributed by atoms with Crippen molar-refractivity contribution in [1.82, 2.24) is 14.5 Å². The van der Waals surface area contributed by atoms with Gasteiger partial charge >= 0.3 is 6.03 Å². The summed E-state index contributed by atoms with van der Waals surface area (Å²) in [4.78, 5) is 40.1. The number of benzene rings is 2. The Morgan fingerprint density at radius 1 is 1.03 bits per heavy atom. The minimum Gasteiger partial charge on any atom is -0.379 e. The summed E-state index contributed by atoms with van der Waals surface area (Å²) in [6.07, 6.45) is 2.07. The van der Waals surface area contributed by atoms with E-state index < -0.39 is 39.8 Å². The number of carbonyl (C=O) groups is 3. The van der Waals surface area contributed by atoms with Crippen LogP contribution in [0, 0.1) is 0 Å². The van der Waals surface area contributed by atoms with Gasteiger partial charge in [0.1, 0.15) is 5.54 Å². The zero-order chi connectivity index (χ0) is 23.9. The highest BCUT2D eigenvalue weighted by molar-refractivity contribution is 7.89. The van der Waals surface area contributed by atoms with Gasteiger partial charge in [-0.15, -0.1) is 0 Å². The van der Waals surface area contributed by atoms with Crippen LogP contribution in [0.25, 0.3) is 0 Å². The normalized spacial score (nSPS) is 23.1. The average Bonchev–Trinajstić information content (AvgIpc) is 3.09. The van der Waals surface area contributed by atoms with Crippen LogP contribution in [0.3, 0.4) is 0 Å². The van der Waals surface area contributed by atoms with Crippen LogP contribution in [0.15, 0.2) is 53.4 Å². The van der Waals surface area contributed by atoms with Gasteiger partial charge in [-0.25, -0.2) is 13.2 Å². The first kappa shape index (κ1) is 22.7. The van der Waals surface area contributed by atoms with Crippen molar-refractivity contribution in [1.29, 1.82) is 0 Å². The Kier molecular flexibility index (Phi) is 5.75. The second kappa shape index (κ2) is 8.61. The van der Waals surface area contributed by atoms with Gasteiger partial charge in [0.2, 0.25) is 10.0 Å². The maximum absolute atomic E-state index is 13.4. The van der Waals surface area contributed by atoms with E-state index in [-0.39, 0.29) is 23.5 Å². The van der Waals surface area contributed by atoms with Gasteiger partial charge in [0.15, 0.2) is 5.78 Å². The van der Waals surface area contributed by atoms with Crippen molar-refractivity contribution in [2.75, 3.05) is 32.8 Å². The Morgan fingerprint density at radius 3 is 2.47 bits per heavy atom. The summed E-state index contributed by atoms with van der Waals surface area (Å²) in [5.41, 5.74) is 0.897. The zero-order valence-electron chi connectivity index (χ0n) is 18.5. The van der Waals surface area contributed by atoms with Crippen LogP contribution in [0.1, 0.15) is 34.3 Å². The molecular weight excluding hydrogens is 458 g/mol. The van der Waals surface area contributed by atoms with E-state index in [9.17, 15) is 22.8 Å². The molecule has 10 heteroatoms. The van der Waals surface area contributed by atoms with Crippen molar-refractivity contribution in [3.05, 3.63) is 65.2 Å². The number of hydrogen-bond acceptors (Lipinski definition) is 6. The lowest BCUT2D eigenvalue weighted by atomic mass is 9.76. The molecule has 2 aromatic rings. The first-order valence-corrected chi connectivity index (χ1v) is 12.7. The van der Waals surface area contributed by atoms with E-state index in [4.69, 9.17) is 4.74 Å². The van der Waals surface area contributed by atoms with Gasteiger partial charge in [0.05, 0.1) is 24.7 Å². The van der Waals surface area contributed by atoms with E-state index in [2.05, 4.69) is 5.32 Å². The molecule has 1 atom stereocenters. The molecule has 2 fully saturated rings. The second-order valence-electron chi connectivity index (χ2n) is 8.70. The van der Waals surface area contributed by atoms with Gasteiger partial charge in [-0.2, -0.15) is 4.31 Å². The zero-order valence-corrected chi connectivity index (χ0v) is 19.3. The third-order valence-electron chi connectivity index (χ3n) is 6.74. The van der Waals surface area contributed by atoms with Gasteiger partial charge in [0, 0.05) is 18.7 Å². The summed E-state index contributed by atoms with van der Waals surface area (Å²) in [7, 11) is -3.68. The van der Waals surface area contributed by atoms with Crippen molar-refractivity contribution in [3.8, 4) is 0 Å². The number of amides is 3. The summed E-state index contributed by atoms with van der Waals surface area (Å²) >= 11 is 0. The van der Waals surface area contributed by atoms with E-state index in [1.165, 1.54) is 28.6 Å². The molecule has 2 aromatic carbocycles. The molecule has 0 aromatic heterocycles. The first-order valence-electron chi connectivity index (χ1n) is 11.3. The number of ether oxygens (including phenoxy) is 1. The Bertz CT molecular complexity index is 1250. The SMILES string of the molecule is O=C(CN1C(=O)NC2(CCCc3ccccc32)C1=O)c1ccc(S(=O)(=O)N2CCOCC2)cc1. The molecule has 2 heterocycles. The lowest BCUT2D eigenvalue weighted by molar-refractivity contribution is -0.131. The molecule has 9 nitrogen and oxygen atoms in total. The Balaban J connectivity index is 1.33. The molecular formula is C24H25N3O6S. The van der Waals surface area contributed by atoms with E-state index in [1.54, 1.807) is 0 Å². The maximum atomic E-state index is 13.4. The van der Waals surface area contributed by atoms with Crippen molar-refractivity contribution in [2.45, 2.75) is 29.7 Å². The lowest BCUT2D eigenvalue weighted by Gasteiger charge is -2.33. The third-order valence-corrected chi connectivity index (χ3v) is 8.65. The lowest BCUT2D eigenvalue weighted by Crippen LogP contribution is -2.46. The molecule has 3 aliphatic rings. The fraction of sp³-hybridized carbons (Fsp3) is 0.375. The van der Waals surface area contributed by atoms with Crippen molar-refractivity contribution in [2.24, 2.45) is 0 Å². The number of nitrogens with zero attached hydrogens (tertiary/aromatic N) is 2. The number of carbonyl (C=O) groups excluding carboxylic acids is 3. The monoisotopic (exact) mass is 483 g/mol. The van der Waals surface area contributed by atoms with Gasteiger partial charge in [-0.3, -0.25) is 14.5 Å². The molecule has 2 saturated heterocycles. The molecule has 5 rings (SSSR count). The predicted octanol–water partition coefficient (Wildman–Crippen LogP) is 1.67. The number of ketones is 1. The van der Waals surface area contributed by atoms with Crippen LogP contribution in [0.5, 0.6) is 0 Å². The third kappa shape index (κ3) is 3.71. The largest absolute Gasteiger partial charge is 0.379 e. The number of nitrogens with one attached hydrogen (secondary N) is 1. The number of morpholine rings is 1. The van der Waals surface area contributed by atoms with Gasteiger partial charge in [-0.1, -0.05) is 24.3 Å². The Morgan fingerprint density at radius 2 is 1.74 bits per heavy atom. The van der Waals surface area contributed by atoms with Crippen molar-refractivity contribution < 1.29 is 27.5 Å². The topological polar surface area (TPSA) is 113 Å². The molecule has 1 N–H and O–H groups in total. The molecule has 34 heavy (non-hydrogen) atoms. The Labute approximate surface area is 197 Å². The van der Waals surface area contributed by atoms with Crippen LogP contribution in [-0.4, -0.2) is 68.2 Å². The van der Waals surface area contributed by atoms with Crippen molar-refractivity contribution in [3.63, 3.8) is 0 Å². The number of rotatable bonds is 5. The highest BCUT2D eigenvalue weighted by Gasteiger charge is 2.54.